The average Bonchev–Trinajstić information content (AvgIpc) is 3.21. The fraction of sp³-hybridized carbons (Fsp3) is 0.455. The smallest absolute Gasteiger partial charge is 0.167 e. The normalized spacial score (nSPS) is 25.1. The zero-order valence-electron chi connectivity index (χ0n) is 16.5. The van der Waals surface area contributed by atoms with Crippen LogP contribution >= 0.6 is 0 Å². The molecule has 0 radical (unpaired) electrons. The fourth-order valence-electron chi connectivity index (χ4n) is 4.92. The summed E-state index contributed by atoms with van der Waals surface area (Å²) in [6.45, 7) is 3.09. The maximum atomic E-state index is 14.4. The molecule has 3 atom stereocenters. The minimum Gasteiger partial charge on any atom is -0.497 e. The van der Waals surface area contributed by atoms with Crippen molar-refractivity contribution in [3.63, 3.8) is 0 Å². The molecule has 0 spiro atoms. The molecule has 6 heteroatoms. The Labute approximate surface area is 164 Å². The van der Waals surface area contributed by atoms with E-state index in [-0.39, 0.29) is 0 Å². The summed E-state index contributed by atoms with van der Waals surface area (Å²) in [6.07, 6.45) is 0. The minimum absolute atomic E-state index is 0.303. The molecule has 0 aliphatic carbocycles. The van der Waals surface area contributed by atoms with Crippen molar-refractivity contribution in [1.29, 1.82) is 0 Å². The summed E-state index contributed by atoms with van der Waals surface area (Å²) in [7, 11) is 5.32. The molecule has 0 unspecified atom stereocenters. The van der Waals surface area contributed by atoms with Crippen molar-refractivity contribution in [1.82, 2.24) is 9.80 Å². The van der Waals surface area contributed by atoms with Crippen LogP contribution in [0.2, 0.25) is 0 Å². The van der Waals surface area contributed by atoms with Gasteiger partial charge in [-0.1, -0.05) is 12.1 Å². The van der Waals surface area contributed by atoms with Crippen LogP contribution in [0.15, 0.2) is 36.4 Å². The van der Waals surface area contributed by atoms with Gasteiger partial charge >= 0.3 is 0 Å². The van der Waals surface area contributed by atoms with Crippen LogP contribution in [0.4, 0.5) is 8.78 Å². The van der Waals surface area contributed by atoms with Crippen molar-refractivity contribution >= 4 is 0 Å². The molecule has 4 nitrogen and oxygen atoms in total. The predicted molar refractivity (Wildman–Crippen MR) is 104 cm³/mol. The van der Waals surface area contributed by atoms with Crippen molar-refractivity contribution < 1.29 is 18.3 Å². The minimum atomic E-state index is -0.828. The van der Waals surface area contributed by atoms with Crippen molar-refractivity contribution in [2.45, 2.75) is 12.6 Å². The summed E-state index contributed by atoms with van der Waals surface area (Å²) in [4.78, 5) is 4.62. The number of fused-ring (bicyclic) bond motifs is 1. The predicted octanol–water partition coefficient (Wildman–Crippen LogP) is 3.72. The molecule has 2 aromatic carbocycles. The quantitative estimate of drug-likeness (QED) is 0.780. The first-order valence-electron chi connectivity index (χ1n) is 9.59. The Balaban J connectivity index is 1.53. The van der Waals surface area contributed by atoms with Crippen LogP contribution < -0.4 is 9.47 Å². The molecule has 150 valence electrons. The van der Waals surface area contributed by atoms with Crippen LogP contribution in [-0.4, -0.2) is 50.7 Å². The summed E-state index contributed by atoms with van der Waals surface area (Å²) in [5, 5.41) is 0. The van der Waals surface area contributed by atoms with Crippen LogP contribution in [0, 0.1) is 23.5 Å². The number of hydrogen-bond acceptors (Lipinski definition) is 4. The SMILES string of the molecule is COc1ccc([C@@H]2[C@@H]3CN(Cc4c(OC)ccc(F)c4F)C[C@@H]3CN2C)cc1. The monoisotopic (exact) mass is 388 g/mol. The fourth-order valence-corrected chi connectivity index (χ4v) is 4.92. The van der Waals surface area contributed by atoms with E-state index in [0.717, 1.165) is 31.5 Å². The van der Waals surface area contributed by atoms with Crippen LogP contribution in [0.1, 0.15) is 17.2 Å². The lowest BCUT2D eigenvalue weighted by molar-refractivity contribution is 0.221. The van der Waals surface area contributed by atoms with E-state index in [2.05, 4.69) is 29.0 Å². The molecule has 28 heavy (non-hydrogen) atoms. The van der Waals surface area contributed by atoms with Gasteiger partial charge in [0.1, 0.15) is 11.5 Å². The van der Waals surface area contributed by atoms with E-state index in [1.54, 1.807) is 7.11 Å². The van der Waals surface area contributed by atoms with E-state index in [1.165, 1.54) is 18.7 Å². The Hall–Kier alpha value is -2.18. The first-order chi connectivity index (χ1) is 13.5. The molecule has 2 heterocycles. The number of rotatable bonds is 5. The van der Waals surface area contributed by atoms with Crippen molar-refractivity contribution in [2.24, 2.45) is 11.8 Å². The lowest BCUT2D eigenvalue weighted by Crippen LogP contribution is -2.29. The van der Waals surface area contributed by atoms with Gasteiger partial charge in [0.2, 0.25) is 0 Å². The third-order valence-corrected chi connectivity index (χ3v) is 6.18. The highest BCUT2D eigenvalue weighted by molar-refractivity contribution is 5.36. The van der Waals surface area contributed by atoms with E-state index < -0.39 is 11.6 Å². The van der Waals surface area contributed by atoms with Gasteiger partial charge in [0.25, 0.3) is 0 Å². The van der Waals surface area contributed by atoms with Crippen LogP contribution in [-0.2, 0) is 6.54 Å². The first kappa shape index (κ1) is 19.2. The molecule has 4 rings (SSSR count). The van der Waals surface area contributed by atoms with E-state index in [9.17, 15) is 8.78 Å². The molecule has 0 bridgehead atoms. The summed E-state index contributed by atoms with van der Waals surface area (Å²) >= 11 is 0. The van der Waals surface area contributed by atoms with E-state index >= 15 is 0 Å². The van der Waals surface area contributed by atoms with Gasteiger partial charge in [-0.3, -0.25) is 9.80 Å². The third-order valence-electron chi connectivity index (χ3n) is 6.18. The summed E-state index contributed by atoms with van der Waals surface area (Å²) in [5.74, 6) is 0.592. The Bertz CT molecular complexity index is 843. The highest BCUT2D eigenvalue weighted by Gasteiger charge is 2.46. The maximum absolute atomic E-state index is 14.4. The Morgan fingerprint density at radius 1 is 0.964 bits per heavy atom. The van der Waals surface area contributed by atoms with Crippen molar-refractivity contribution in [3.05, 3.63) is 59.2 Å². The molecule has 0 N–H and O–H groups in total. The standard InChI is InChI=1S/C22H26F2N2O2/c1-25-10-15-11-26(13-18-20(28-3)9-8-19(23)21(18)24)12-17(15)22(25)14-4-6-16(27-2)7-5-14/h4-9,15,17,22H,10-13H2,1-3H3/t15-,17+,22+/m0/s1. The zero-order valence-corrected chi connectivity index (χ0v) is 16.5. The van der Waals surface area contributed by atoms with Gasteiger partial charge < -0.3 is 9.47 Å². The van der Waals surface area contributed by atoms with Crippen molar-refractivity contribution in [2.75, 3.05) is 40.9 Å². The largest absolute Gasteiger partial charge is 0.497 e. The number of ether oxygens (including phenoxy) is 2. The van der Waals surface area contributed by atoms with Gasteiger partial charge in [0.05, 0.1) is 14.2 Å². The van der Waals surface area contributed by atoms with E-state index in [1.807, 2.05) is 12.1 Å². The number of likely N-dealkylation sites (tertiary alicyclic amines) is 2. The lowest BCUT2D eigenvalue weighted by atomic mass is 9.89. The molecule has 0 saturated carbocycles. The maximum Gasteiger partial charge on any atom is 0.167 e. The van der Waals surface area contributed by atoms with E-state index in [0.29, 0.717) is 35.7 Å². The number of nitrogens with zero attached hydrogens (tertiary/aromatic N) is 2. The van der Waals surface area contributed by atoms with Crippen LogP contribution in [0.3, 0.4) is 0 Å². The molecule has 2 saturated heterocycles. The second kappa shape index (κ2) is 7.68. The second-order valence-corrected chi connectivity index (χ2v) is 7.82. The highest BCUT2D eigenvalue weighted by Crippen LogP contribution is 2.45. The van der Waals surface area contributed by atoms with Crippen LogP contribution in [0.5, 0.6) is 11.5 Å². The Kier molecular flexibility index (Phi) is 5.25. The second-order valence-electron chi connectivity index (χ2n) is 7.82. The van der Waals surface area contributed by atoms with Crippen LogP contribution in [0.25, 0.3) is 0 Å². The number of hydrogen-bond donors (Lipinski definition) is 0. The number of benzene rings is 2. The topological polar surface area (TPSA) is 24.9 Å². The lowest BCUT2D eigenvalue weighted by Gasteiger charge is -2.27. The molecular formula is C22H26F2N2O2. The summed E-state index contributed by atoms with van der Waals surface area (Å²) < 4.78 is 38.6. The summed E-state index contributed by atoms with van der Waals surface area (Å²) in [6, 6.07) is 11.2. The summed E-state index contributed by atoms with van der Waals surface area (Å²) in [5.41, 5.74) is 1.57. The van der Waals surface area contributed by atoms with Gasteiger partial charge in [-0.05, 0) is 48.7 Å². The zero-order chi connectivity index (χ0) is 19.8. The van der Waals surface area contributed by atoms with E-state index in [4.69, 9.17) is 9.47 Å². The molecule has 0 aromatic heterocycles. The van der Waals surface area contributed by atoms with Crippen molar-refractivity contribution in [3.8, 4) is 11.5 Å². The molecule has 0 amide bonds. The molecule has 2 aliphatic heterocycles. The average molecular weight is 388 g/mol. The number of methoxy groups -OCH3 is 2. The van der Waals surface area contributed by atoms with Gasteiger partial charge in [-0.2, -0.15) is 0 Å². The Morgan fingerprint density at radius 3 is 2.39 bits per heavy atom. The molecular weight excluding hydrogens is 362 g/mol. The number of halogens is 2. The molecule has 2 aliphatic rings. The first-order valence-corrected chi connectivity index (χ1v) is 9.59. The van der Waals surface area contributed by atoms with Gasteiger partial charge in [-0.15, -0.1) is 0 Å². The third kappa shape index (κ3) is 3.35. The Morgan fingerprint density at radius 2 is 1.71 bits per heavy atom. The van der Waals surface area contributed by atoms with Gasteiger partial charge in [-0.25, -0.2) is 8.78 Å². The molecule has 2 fully saturated rings. The highest BCUT2D eigenvalue weighted by atomic mass is 19.2. The van der Waals surface area contributed by atoms with Gasteiger partial charge in [0.15, 0.2) is 11.6 Å². The molecule has 2 aromatic rings. The van der Waals surface area contributed by atoms with Gasteiger partial charge in [0, 0.05) is 37.8 Å².